The van der Waals surface area contributed by atoms with Gasteiger partial charge < -0.3 is 5.32 Å². The van der Waals surface area contributed by atoms with Crippen molar-refractivity contribution in [2.75, 3.05) is 6.54 Å². The molecule has 2 N–H and O–H groups in total. The van der Waals surface area contributed by atoms with Crippen LogP contribution in [0, 0.1) is 0 Å². The molecule has 1 aromatic carbocycles. The second kappa shape index (κ2) is 16.5. The highest BCUT2D eigenvalue weighted by Crippen LogP contribution is 2.10. The van der Waals surface area contributed by atoms with Crippen molar-refractivity contribution < 1.29 is 9.59 Å². The first-order chi connectivity index (χ1) is 14.1. The van der Waals surface area contributed by atoms with Gasteiger partial charge in [0.1, 0.15) is 0 Å². The highest BCUT2D eigenvalue weighted by Gasteiger charge is 2.04. The summed E-state index contributed by atoms with van der Waals surface area (Å²) in [5.74, 6) is -0.401. The Labute approximate surface area is 176 Å². The number of hydrazone groups is 1. The first kappa shape index (κ1) is 24.6. The van der Waals surface area contributed by atoms with Gasteiger partial charge in [-0.2, -0.15) is 5.10 Å². The van der Waals surface area contributed by atoms with Gasteiger partial charge >= 0.3 is 0 Å². The first-order valence-corrected chi connectivity index (χ1v) is 10.9. The SMILES string of the molecule is CCCCCCCCCCCC(=O)NCC(=O)N/N=C/C(C)=C\c1ccccc1. The molecule has 0 atom stereocenters. The lowest BCUT2D eigenvalue weighted by Gasteiger charge is -2.05. The van der Waals surface area contributed by atoms with Gasteiger partial charge in [-0.1, -0.05) is 94.7 Å². The van der Waals surface area contributed by atoms with Crippen molar-refractivity contribution in [2.45, 2.75) is 78.1 Å². The van der Waals surface area contributed by atoms with E-state index in [0.29, 0.717) is 6.42 Å². The lowest BCUT2D eigenvalue weighted by atomic mass is 10.1. The Balaban J connectivity index is 2.06. The smallest absolute Gasteiger partial charge is 0.259 e. The van der Waals surface area contributed by atoms with Gasteiger partial charge in [0.15, 0.2) is 0 Å². The second-order valence-corrected chi connectivity index (χ2v) is 7.45. The molecule has 2 amide bonds. The molecular formula is C24H37N3O2. The number of carbonyl (C=O) groups excluding carboxylic acids is 2. The molecule has 0 unspecified atom stereocenters. The number of amides is 2. The summed E-state index contributed by atoms with van der Waals surface area (Å²) in [4.78, 5) is 23.6. The lowest BCUT2D eigenvalue weighted by molar-refractivity contribution is -0.126. The fourth-order valence-electron chi connectivity index (χ4n) is 2.96. The fourth-order valence-corrected chi connectivity index (χ4v) is 2.96. The van der Waals surface area contributed by atoms with E-state index < -0.39 is 0 Å². The Hall–Kier alpha value is -2.43. The Kier molecular flexibility index (Phi) is 14.0. The summed E-state index contributed by atoms with van der Waals surface area (Å²) in [5.41, 5.74) is 4.43. The molecule has 5 nitrogen and oxygen atoms in total. The molecule has 0 saturated carbocycles. The van der Waals surface area contributed by atoms with Crippen LogP contribution in [0.4, 0.5) is 0 Å². The molecule has 0 aliphatic rings. The summed E-state index contributed by atoms with van der Waals surface area (Å²) >= 11 is 0. The molecule has 5 heteroatoms. The average Bonchev–Trinajstić information content (AvgIpc) is 2.71. The van der Waals surface area contributed by atoms with E-state index in [0.717, 1.165) is 24.0 Å². The highest BCUT2D eigenvalue weighted by molar-refractivity contribution is 5.87. The fraction of sp³-hybridized carbons (Fsp3) is 0.542. The summed E-state index contributed by atoms with van der Waals surface area (Å²) in [6, 6.07) is 9.90. The van der Waals surface area contributed by atoms with Gasteiger partial charge in [0, 0.05) is 6.42 Å². The summed E-state index contributed by atoms with van der Waals surface area (Å²) in [6.07, 6.45) is 15.0. The number of nitrogens with one attached hydrogen (secondary N) is 2. The first-order valence-electron chi connectivity index (χ1n) is 10.9. The lowest BCUT2D eigenvalue weighted by Crippen LogP contribution is -2.34. The van der Waals surface area contributed by atoms with Crippen LogP contribution in [0.15, 0.2) is 41.0 Å². The standard InChI is InChI=1S/C24H37N3O2/c1-3-4-5-6-7-8-9-10-14-17-23(28)25-20-24(29)27-26-19-21(2)18-22-15-12-11-13-16-22/h11-13,15-16,18-19H,3-10,14,17,20H2,1-2H3,(H,25,28)(H,27,29)/b21-18-,26-19+. The van der Waals surface area contributed by atoms with Gasteiger partial charge in [-0.05, 0) is 24.5 Å². The van der Waals surface area contributed by atoms with Gasteiger partial charge in [-0.25, -0.2) is 5.43 Å². The molecule has 0 spiro atoms. The Bertz CT molecular complexity index is 639. The number of unbranched alkanes of at least 4 members (excludes halogenated alkanes) is 8. The molecule has 160 valence electrons. The van der Waals surface area contributed by atoms with Crippen LogP contribution in [-0.2, 0) is 9.59 Å². The Morgan fingerprint density at radius 2 is 1.52 bits per heavy atom. The van der Waals surface area contributed by atoms with E-state index >= 15 is 0 Å². The van der Waals surface area contributed by atoms with Crippen molar-refractivity contribution in [1.82, 2.24) is 10.7 Å². The molecule has 0 radical (unpaired) electrons. The maximum atomic E-state index is 11.8. The zero-order valence-electron chi connectivity index (χ0n) is 18.1. The van der Waals surface area contributed by atoms with E-state index in [4.69, 9.17) is 0 Å². The third-order valence-corrected chi connectivity index (χ3v) is 4.60. The molecule has 0 fully saturated rings. The molecule has 0 heterocycles. The van der Waals surface area contributed by atoms with Gasteiger partial charge in [-0.3, -0.25) is 9.59 Å². The third-order valence-electron chi connectivity index (χ3n) is 4.60. The number of hydrogen-bond acceptors (Lipinski definition) is 3. The molecule has 0 aromatic heterocycles. The van der Waals surface area contributed by atoms with Gasteiger partial charge in [0.05, 0.1) is 12.8 Å². The number of hydrogen-bond donors (Lipinski definition) is 2. The number of nitrogens with zero attached hydrogens (tertiary/aromatic N) is 1. The van der Waals surface area contributed by atoms with E-state index in [9.17, 15) is 9.59 Å². The van der Waals surface area contributed by atoms with Crippen LogP contribution in [0.25, 0.3) is 6.08 Å². The van der Waals surface area contributed by atoms with Crippen LogP contribution in [0.3, 0.4) is 0 Å². The van der Waals surface area contributed by atoms with Crippen LogP contribution in [-0.4, -0.2) is 24.6 Å². The van der Waals surface area contributed by atoms with Crippen molar-refractivity contribution in [3.63, 3.8) is 0 Å². The molecule has 1 rings (SSSR count). The van der Waals surface area contributed by atoms with Gasteiger partial charge in [-0.15, -0.1) is 0 Å². The number of carbonyl (C=O) groups is 2. The predicted molar refractivity (Wildman–Crippen MR) is 122 cm³/mol. The van der Waals surface area contributed by atoms with Crippen LogP contribution in [0.2, 0.25) is 0 Å². The predicted octanol–water partition coefficient (Wildman–Crippen LogP) is 5.23. The van der Waals surface area contributed by atoms with Crippen LogP contribution >= 0.6 is 0 Å². The summed E-state index contributed by atoms with van der Waals surface area (Å²) < 4.78 is 0. The summed E-state index contributed by atoms with van der Waals surface area (Å²) in [6.45, 7) is 4.10. The van der Waals surface area contributed by atoms with Crippen LogP contribution in [0.1, 0.15) is 83.6 Å². The number of rotatable bonds is 15. The van der Waals surface area contributed by atoms with Crippen LogP contribution < -0.4 is 10.7 Å². The van der Waals surface area contributed by atoms with Crippen LogP contribution in [0.5, 0.6) is 0 Å². The van der Waals surface area contributed by atoms with E-state index in [-0.39, 0.29) is 18.4 Å². The highest BCUT2D eigenvalue weighted by atomic mass is 16.2. The van der Waals surface area contributed by atoms with E-state index in [2.05, 4.69) is 22.8 Å². The van der Waals surface area contributed by atoms with E-state index in [1.54, 1.807) is 6.21 Å². The average molecular weight is 400 g/mol. The zero-order valence-corrected chi connectivity index (χ0v) is 18.1. The quantitative estimate of drug-likeness (QED) is 0.241. The molecule has 1 aromatic rings. The molecule has 29 heavy (non-hydrogen) atoms. The van der Waals surface area contributed by atoms with E-state index in [1.807, 2.05) is 43.3 Å². The van der Waals surface area contributed by atoms with Gasteiger partial charge in [0.25, 0.3) is 5.91 Å². The molecule has 0 aliphatic heterocycles. The molecule has 0 saturated heterocycles. The molecule has 0 aliphatic carbocycles. The topological polar surface area (TPSA) is 70.6 Å². The van der Waals surface area contributed by atoms with E-state index in [1.165, 1.54) is 44.9 Å². The normalized spacial score (nSPS) is 11.6. The minimum atomic E-state index is -0.325. The minimum Gasteiger partial charge on any atom is -0.347 e. The maximum absolute atomic E-state index is 11.8. The molecule has 0 bridgehead atoms. The second-order valence-electron chi connectivity index (χ2n) is 7.45. The van der Waals surface area contributed by atoms with Crippen molar-refractivity contribution >= 4 is 24.1 Å². The number of allylic oxidation sites excluding steroid dienone is 1. The minimum absolute atomic E-state index is 0.0466. The van der Waals surface area contributed by atoms with Gasteiger partial charge in [0.2, 0.25) is 5.91 Å². The van der Waals surface area contributed by atoms with Crippen molar-refractivity contribution in [2.24, 2.45) is 5.10 Å². The maximum Gasteiger partial charge on any atom is 0.259 e. The Morgan fingerprint density at radius 1 is 0.897 bits per heavy atom. The van der Waals surface area contributed by atoms with Crippen molar-refractivity contribution in [3.8, 4) is 0 Å². The summed E-state index contributed by atoms with van der Waals surface area (Å²) in [7, 11) is 0. The molecular weight excluding hydrogens is 362 g/mol. The summed E-state index contributed by atoms with van der Waals surface area (Å²) in [5, 5.41) is 6.57. The zero-order chi connectivity index (χ0) is 21.2. The van der Waals surface area contributed by atoms with Crippen molar-refractivity contribution in [3.05, 3.63) is 41.5 Å². The Morgan fingerprint density at radius 3 is 2.17 bits per heavy atom. The van der Waals surface area contributed by atoms with Crippen molar-refractivity contribution in [1.29, 1.82) is 0 Å². The third kappa shape index (κ3) is 14.3. The monoisotopic (exact) mass is 399 g/mol. The largest absolute Gasteiger partial charge is 0.347 e. The number of benzene rings is 1.